The number of rotatable bonds is 5. The summed E-state index contributed by atoms with van der Waals surface area (Å²) in [4.78, 5) is 14.6. The van der Waals surface area contributed by atoms with E-state index in [1.807, 2.05) is 11.8 Å². The summed E-state index contributed by atoms with van der Waals surface area (Å²) >= 11 is 3.46. The second-order valence-corrected chi connectivity index (χ2v) is 6.77. The molecule has 1 unspecified atom stereocenters. The molecule has 0 saturated carbocycles. The summed E-state index contributed by atoms with van der Waals surface area (Å²) in [6.45, 7) is 6.57. The van der Waals surface area contributed by atoms with Crippen LogP contribution in [0.15, 0.2) is 16.6 Å². The minimum absolute atomic E-state index is 0. The van der Waals surface area contributed by atoms with E-state index in [4.69, 9.17) is 15.2 Å². The van der Waals surface area contributed by atoms with Crippen molar-refractivity contribution in [1.82, 2.24) is 4.90 Å². The number of nitrogens with zero attached hydrogens (tertiary/aromatic N) is 1. The van der Waals surface area contributed by atoms with E-state index in [1.54, 1.807) is 19.2 Å². The second kappa shape index (κ2) is 8.22. The highest BCUT2D eigenvalue weighted by Crippen LogP contribution is 2.38. The fraction of sp³-hybridized carbons (Fsp3) is 0.562. The molecule has 1 fully saturated rings. The van der Waals surface area contributed by atoms with Gasteiger partial charge in [-0.2, -0.15) is 0 Å². The zero-order valence-corrected chi connectivity index (χ0v) is 16.1. The molecule has 0 aromatic heterocycles. The van der Waals surface area contributed by atoms with Crippen LogP contribution in [-0.2, 0) is 0 Å². The maximum Gasteiger partial charge on any atom is 0.254 e. The Morgan fingerprint density at radius 3 is 2.70 bits per heavy atom. The third-order valence-electron chi connectivity index (χ3n) is 4.10. The molecule has 1 heterocycles. The maximum absolute atomic E-state index is 12.7. The van der Waals surface area contributed by atoms with Gasteiger partial charge in [0.25, 0.3) is 5.91 Å². The average Bonchev–Trinajstić information content (AvgIpc) is 2.91. The number of hydrogen-bond donors (Lipinski definition) is 1. The van der Waals surface area contributed by atoms with Crippen molar-refractivity contribution in [2.45, 2.75) is 20.3 Å². The van der Waals surface area contributed by atoms with Gasteiger partial charge >= 0.3 is 0 Å². The predicted octanol–water partition coefficient (Wildman–Crippen LogP) is 3.09. The van der Waals surface area contributed by atoms with E-state index in [0.717, 1.165) is 17.4 Å². The maximum atomic E-state index is 12.7. The Morgan fingerprint density at radius 2 is 2.17 bits per heavy atom. The predicted molar refractivity (Wildman–Crippen MR) is 96.8 cm³/mol. The first-order valence-corrected chi connectivity index (χ1v) is 8.23. The Bertz CT molecular complexity index is 571. The van der Waals surface area contributed by atoms with Crippen molar-refractivity contribution >= 4 is 34.2 Å². The Hall–Kier alpha value is -0.980. The Morgan fingerprint density at radius 1 is 1.48 bits per heavy atom. The lowest BCUT2D eigenvalue weighted by atomic mass is 9.90. The number of carbonyl (C=O) groups is 1. The first kappa shape index (κ1) is 20.1. The van der Waals surface area contributed by atoms with Crippen LogP contribution in [0.5, 0.6) is 11.5 Å². The van der Waals surface area contributed by atoms with Crippen LogP contribution in [0.3, 0.4) is 0 Å². The minimum atomic E-state index is -0.000719. The molecule has 0 radical (unpaired) electrons. The van der Waals surface area contributed by atoms with Gasteiger partial charge in [0.1, 0.15) is 0 Å². The van der Waals surface area contributed by atoms with E-state index >= 15 is 0 Å². The van der Waals surface area contributed by atoms with Gasteiger partial charge in [0, 0.05) is 18.7 Å². The number of nitrogens with two attached hydrogens (primary N) is 1. The van der Waals surface area contributed by atoms with Crippen molar-refractivity contribution in [3.63, 3.8) is 0 Å². The van der Waals surface area contributed by atoms with Crippen LogP contribution in [0.25, 0.3) is 0 Å². The molecule has 2 rings (SSSR count). The Kier molecular flexibility index (Phi) is 7.17. The van der Waals surface area contributed by atoms with E-state index in [0.29, 0.717) is 36.8 Å². The average molecular weight is 408 g/mol. The second-order valence-electron chi connectivity index (χ2n) is 5.91. The fourth-order valence-electron chi connectivity index (χ4n) is 2.67. The van der Waals surface area contributed by atoms with Gasteiger partial charge in [-0.25, -0.2) is 0 Å². The molecule has 1 aromatic carbocycles. The number of methoxy groups -OCH3 is 1. The normalized spacial score (nSPS) is 20.1. The smallest absolute Gasteiger partial charge is 0.254 e. The molecule has 1 amide bonds. The van der Waals surface area contributed by atoms with Crippen molar-refractivity contribution < 1.29 is 14.3 Å². The number of benzene rings is 1. The summed E-state index contributed by atoms with van der Waals surface area (Å²) in [6, 6.07) is 3.52. The van der Waals surface area contributed by atoms with Gasteiger partial charge < -0.3 is 20.1 Å². The summed E-state index contributed by atoms with van der Waals surface area (Å²) in [7, 11) is 1.57. The summed E-state index contributed by atoms with van der Waals surface area (Å²) in [5.41, 5.74) is 6.42. The molecule has 0 aliphatic carbocycles. The number of likely N-dealkylation sites (tertiary alicyclic amines) is 1. The molecule has 5 nitrogen and oxygen atoms in total. The highest BCUT2D eigenvalue weighted by molar-refractivity contribution is 9.10. The van der Waals surface area contributed by atoms with E-state index in [2.05, 4.69) is 22.9 Å². The SMILES string of the molecule is CCOc1c(Br)cc(C(=O)N2CCC(C)(CN)C2)cc1OC.Cl. The third-order valence-corrected chi connectivity index (χ3v) is 4.69. The molecule has 1 aliphatic heterocycles. The molecular weight excluding hydrogens is 384 g/mol. The molecule has 23 heavy (non-hydrogen) atoms. The topological polar surface area (TPSA) is 64.8 Å². The standard InChI is InChI=1S/C16H23BrN2O3.ClH/c1-4-22-14-12(17)7-11(8-13(14)21-3)15(20)19-6-5-16(2,9-18)10-19;/h7-8H,4-6,9-10,18H2,1-3H3;1H. The van der Waals surface area contributed by atoms with Gasteiger partial charge in [0.2, 0.25) is 0 Å². The number of amides is 1. The van der Waals surface area contributed by atoms with Crippen LogP contribution in [0.1, 0.15) is 30.6 Å². The molecule has 1 aromatic rings. The number of carbonyl (C=O) groups excluding carboxylic acids is 1. The lowest BCUT2D eigenvalue weighted by Crippen LogP contribution is -2.34. The third kappa shape index (κ3) is 4.31. The largest absolute Gasteiger partial charge is 0.493 e. The van der Waals surface area contributed by atoms with Crippen LogP contribution in [0, 0.1) is 5.41 Å². The molecule has 1 saturated heterocycles. The number of halogens is 2. The van der Waals surface area contributed by atoms with Crippen molar-refractivity contribution in [3.8, 4) is 11.5 Å². The van der Waals surface area contributed by atoms with E-state index in [1.165, 1.54) is 0 Å². The first-order chi connectivity index (χ1) is 10.4. The van der Waals surface area contributed by atoms with Gasteiger partial charge in [0.05, 0.1) is 18.2 Å². The monoisotopic (exact) mass is 406 g/mol. The van der Waals surface area contributed by atoms with Crippen LogP contribution in [0.4, 0.5) is 0 Å². The van der Waals surface area contributed by atoms with Crippen LogP contribution in [-0.4, -0.2) is 44.2 Å². The van der Waals surface area contributed by atoms with Crippen LogP contribution >= 0.6 is 28.3 Å². The molecule has 0 spiro atoms. The van der Waals surface area contributed by atoms with Gasteiger partial charge in [0.15, 0.2) is 11.5 Å². The minimum Gasteiger partial charge on any atom is -0.493 e. The zero-order valence-electron chi connectivity index (χ0n) is 13.7. The fourth-order valence-corrected chi connectivity index (χ4v) is 3.23. The summed E-state index contributed by atoms with van der Waals surface area (Å²) in [6.07, 6.45) is 0.935. The van der Waals surface area contributed by atoms with E-state index in [-0.39, 0.29) is 23.7 Å². The van der Waals surface area contributed by atoms with Gasteiger partial charge in [-0.1, -0.05) is 6.92 Å². The number of ether oxygens (including phenoxy) is 2. The van der Waals surface area contributed by atoms with E-state index in [9.17, 15) is 4.79 Å². The van der Waals surface area contributed by atoms with Crippen LogP contribution in [0.2, 0.25) is 0 Å². The van der Waals surface area contributed by atoms with E-state index < -0.39 is 0 Å². The Balaban J connectivity index is 0.00000264. The molecule has 2 N–H and O–H groups in total. The highest BCUT2D eigenvalue weighted by atomic mass is 79.9. The summed E-state index contributed by atoms with van der Waals surface area (Å²) < 4.78 is 11.6. The van der Waals surface area contributed by atoms with Crippen molar-refractivity contribution in [2.75, 3.05) is 33.4 Å². The van der Waals surface area contributed by atoms with Crippen molar-refractivity contribution in [3.05, 3.63) is 22.2 Å². The van der Waals surface area contributed by atoms with Gasteiger partial charge in [-0.15, -0.1) is 12.4 Å². The summed E-state index contributed by atoms with van der Waals surface area (Å²) in [5, 5.41) is 0. The molecule has 1 aliphatic rings. The lowest BCUT2D eigenvalue weighted by molar-refractivity contribution is 0.0776. The summed E-state index contributed by atoms with van der Waals surface area (Å²) in [5.74, 6) is 1.18. The molecule has 130 valence electrons. The molecule has 0 bridgehead atoms. The van der Waals surface area contributed by atoms with Crippen molar-refractivity contribution in [2.24, 2.45) is 11.1 Å². The van der Waals surface area contributed by atoms with Crippen LogP contribution < -0.4 is 15.2 Å². The Labute approximate surface area is 152 Å². The molecule has 1 atom stereocenters. The van der Waals surface area contributed by atoms with Gasteiger partial charge in [-0.3, -0.25) is 4.79 Å². The zero-order chi connectivity index (χ0) is 16.3. The molecule has 7 heteroatoms. The number of hydrogen-bond acceptors (Lipinski definition) is 4. The first-order valence-electron chi connectivity index (χ1n) is 7.44. The van der Waals surface area contributed by atoms with Crippen molar-refractivity contribution in [1.29, 1.82) is 0 Å². The molecular formula is C16H24BrClN2O3. The lowest BCUT2D eigenvalue weighted by Gasteiger charge is -2.23. The van der Waals surface area contributed by atoms with Gasteiger partial charge in [-0.05, 0) is 53.4 Å². The quantitative estimate of drug-likeness (QED) is 0.814. The highest BCUT2D eigenvalue weighted by Gasteiger charge is 2.35.